The molecule has 0 bridgehead atoms. The monoisotopic (exact) mass is 494 g/mol. The molecule has 0 amide bonds. The maximum Gasteiger partial charge on any atom is 0.193 e. The number of halogens is 1. The van der Waals surface area contributed by atoms with Crippen molar-refractivity contribution in [1.82, 2.24) is 15.1 Å². The van der Waals surface area contributed by atoms with Crippen LogP contribution in [0.4, 0.5) is 0 Å². The van der Waals surface area contributed by atoms with Crippen molar-refractivity contribution in [2.24, 2.45) is 10.9 Å². The van der Waals surface area contributed by atoms with Gasteiger partial charge in [-0.3, -0.25) is 4.99 Å². The summed E-state index contributed by atoms with van der Waals surface area (Å²) in [5, 5.41) is 3.73. The van der Waals surface area contributed by atoms with E-state index in [1.165, 1.54) is 70.3 Å². The van der Waals surface area contributed by atoms with E-state index in [1.54, 1.807) is 0 Å². The maximum atomic E-state index is 4.64. The Kier molecular flexibility index (Phi) is 9.34. The molecule has 1 N–H and O–H groups in total. The predicted molar refractivity (Wildman–Crippen MR) is 126 cm³/mol. The second-order valence-corrected chi connectivity index (χ2v) is 10.1. The van der Waals surface area contributed by atoms with Gasteiger partial charge >= 0.3 is 0 Å². The van der Waals surface area contributed by atoms with Crippen molar-refractivity contribution in [3.8, 4) is 0 Å². The summed E-state index contributed by atoms with van der Waals surface area (Å²) in [6, 6.07) is 0.674. The molecule has 3 rings (SSSR count). The van der Waals surface area contributed by atoms with Gasteiger partial charge in [0, 0.05) is 49.8 Å². The molecule has 4 nitrogen and oxygen atoms in total. The van der Waals surface area contributed by atoms with Gasteiger partial charge in [0.1, 0.15) is 0 Å². The zero-order chi connectivity index (χ0) is 17.7. The van der Waals surface area contributed by atoms with Gasteiger partial charge < -0.3 is 15.1 Å². The largest absolute Gasteiger partial charge is 0.356 e. The van der Waals surface area contributed by atoms with Gasteiger partial charge in [0.2, 0.25) is 0 Å². The second-order valence-electron chi connectivity index (χ2n) is 8.54. The molecule has 0 radical (unpaired) electrons. The lowest BCUT2D eigenvalue weighted by molar-refractivity contribution is 0.140. The van der Waals surface area contributed by atoms with Crippen molar-refractivity contribution >= 4 is 41.7 Å². The van der Waals surface area contributed by atoms with Crippen molar-refractivity contribution < 1.29 is 0 Å². The fourth-order valence-electron chi connectivity index (χ4n) is 4.83. The molecule has 1 spiro atoms. The second kappa shape index (κ2) is 10.7. The molecule has 152 valence electrons. The summed E-state index contributed by atoms with van der Waals surface area (Å²) in [6.45, 7) is 10.6. The summed E-state index contributed by atoms with van der Waals surface area (Å²) >= 11 is 2.24. The molecule has 2 heterocycles. The molecule has 1 saturated carbocycles. The SMILES string of the molecule is CN=C(NCC1CCCN(C(C)C)C1)N1CCSC2(CCCCC2)C1.I. The van der Waals surface area contributed by atoms with Gasteiger partial charge in [-0.1, -0.05) is 19.3 Å². The quantitative estimate of drug-likeness (QED) is 0.365. The first-order valence-electron chi connectivity index (χ1n) is 10.5. The van der Waals surface area contributed by atoms with Crippen LogP contribution in [0.15, 0.2) is 4.99 Å². The summed E-state index contributed by atoms with van der Waals surface area (Å²) in [5.41, 5.74) is 0. The zero-order valence-electron chi connectivity index (χ0n) is 17.0. The minimum atomic E-state index is 0. The van der Waals surface area contributed by atoms with Gasteiger partial charge in [-0.15, -0.1) is 24.0 Å². The standard InChI is InChI=1S/C20H38N4S.HI/c1-17(2)23-11-7-8-18(15-23)14-22-19(21-3)24-12-13-25-20(16-24)9-5-4-6-10-20;/h17-18H,4-16H2,1-3H3,(H,21,22);1H. The Hall–Kier alpha value is 0.310. The lowest BCUT2D eigenvalue weighted by Crippen LogP contribution is -2.54. The van der Waals surface area contributed by atoms with Crippen LogP contribution in [0.5, 0.6) is 0 Å². The van der Waals surface area contributed by atoms with Gasteiger partial charge in [0.05, 0.1) is 0 Å². The van der Waals surface area contributed by atoms with Crippen LogP contribution in [0.1, 0.15) is 58.8 Å². The normalized spacial score (nSPS) is 27.5. The number of aliphatic imine (C=N–C) groups is 1. The van der Waals surface area contributed by atoms with E-state index in [9.17, 15) is 0 Å². The van der Waals surface area contributed by atoms with E-state index in [4.69, 9.17) is 0 Å². The summed E-state index contributed by atoms with van der Waals surface area (Å²) in [4.78, 5) is 9.82. The number of thioether (sulfide) groups is 1. The Balaban J connectivity index is 0.00000243. The van der Waals surface area contributed by atoms with Gasteiger partial charge in [0.25, 0.3) is 0 Å². The molecule has 2 saturated heterocycles. The van der Waals surface area contributed by atoms with Gasteiger partial charge in [0.15, 0.2) is 5.96 Å². The summed E-state index contributed by atoms with van der Waals surface area (Å²) in [5.74, 6) is 3.16. The predicted octanol–water partition coefficient (Wildman–Crippen LogP) is 4.05. The van der Waals surface area contributed by atoms with Crippen LogP contribution in [-0.4, -0.2) is 72.1 Å². The van der Waals surface area contributed by atoms with Gasteiger partial charge in [-0.05, 0) is 52.0 Å². The molecule has 26 heavy (non-hydrogen) atoms. The molecule has 0 aromatic rings. The van der Waals surface area contributed by atoms with Crippen LogP contribution >= 0.6 is 35.7 Å². The average Bonchev–Trinajstić information content (AvgIpc) is 2.63. The number of rotatable bonds is 3. The minimum absolute atomic E-state index is 0. The van der Waals surface area contributed by atoms with E-state index < -0.39 is 0 Å². The smallest absolute Gasteiger partial charge is 0.193 e. The van der Waals surface area contributed by atoms with Crippen molar-refractivity contribution in [1.29, 1.82) is 0 Å². The van der Waals surface area contributed by atoms with E-state index in [2.05, 4.69) is 45.7 Å². The molecule has 1 atom stereocenters. The number of hydrogen-bond donors (Lipinski definition) is 1. The topological polar surface area (TPSA) is 30.9 Å². The fraction of sp³-hybridized carbons (Fsp3) is 0.950. The number of guanidine groups is 1. The number of piperidine rings is 1. The Bertz CT molecular complexity index is 446. The highest BCUT2D eigenvalue weighted by atomic mass is 127. The lowest BCUT2D eigenvalue weighted by atomic mass is 9.87. The fourth-order valence-corrected chi connectivity index (χ4v) is 6.39. The summed E-state index contributed by atoms with van der Waals surface area (Å²) in [6.07, 6.45) is 9.76. The Morgan fingerprint density at radius 2 is 1.96 bits per heavy atom. The highest BCUT2D eigenvalue weighted by Gasteiger charge is 2.38. The van der Waals surface area contributed by atoms with Crippen LogP contribution in [0, 0.1) is 5.92 Å². The molecule has 1 unspecified atom stereocenters. The highest BCUT2D eigenvalue weighted by molar-refractivity contribution is 14.0. The van der Waals surface area contributed by atoms with Crippen LogP contribution in [0.3, 0.4) is 0 Å². The van der Waals surface area contributed by atoms with Gasteiger partial charge in [-0.2, -0.15) is 11.8 Å². The molecule has 1 aliphatic carbocycles. The lowest BCUT2D eigenvalue weighted by Gasteiger charge is -2.45. The third kappa shape index (κ3) is 5.90. The van der Waals surface area contributed by atoms with Crippen LogP contribution < -0.4 is 5.32 Å². The Labute approximate surface area is 182 Å². The number of hydrogen-bond acceptors (Lipinski definition) is 3. The number of nitrogens with zero attached hydrogens (tertiary/aromatic N) is 3. The molecular weight excluding hydrogens is 455 g/mol. The van der Waals surface area contributed by atoms with E-state index in [0.29, 0.717) is 10.8 Å². The van der Waals surface area contributed by atoms with Crippen LogP contribution in [0.2, 0.25) is 0 Å². The first-order valence-corrected chi connectivity index (χ1v) is 11.4. The number of nitrogens with one attached hydrogen (secondary N) is 1. The molecular formula is C20H39IN4S. The zero-order valence-corrected chi connectivity index (χ0v) is 20.2. The molecule has 2 aliphatic heterocycles. The van der Waals surface area contributed by atoms with Crippen molar-refractivity contribution in [2.45, 2.75) is 69.6 Å². The van der Waals surface area contributed by atoms with E-state index >= 15 is 0 Å². The van der Waals surface area contributed by atoms with E-state index in [-0.39, 0.29) is 24.0 Å². The first kappa shape index (κ1) is 22.6. The molecule has 0 aromatic carbocycles. The Morgan fingerprint density at radius 3 is 2.65 bits per heavy atom. The van der Waals surface area contributed by atoms with Crippen molar-refractivity contribution in [3.63, 3.8) is 0 Å². The third-order valence-corrected chi connectivity index (χ3v) is 7.89. The van der Waals surface area contributed by atoms with Crippen molar-refractivity contribution in [3.05, 3.63) is 0 Å². The number of likely N-dealkylation sites (tertiary alicyclic amines) is 1. The summed E-state index contributed by atoms with van der Waals surface area (Å²) in [7, 11) is 1.96. The van der Waals surface area contributed by atoms with Crippen LogP contribution in [-0.2, 0) is 0 Å². The van der Waals surface area contributed by atoms with Crippen molar-refractivity contribution in [2.75, 3.05) is 45.5 Å². The van der Waals surface area contributed by atoms with E-state index in [1.807, 2.05) is 7.05 Å². The Morgan fingerprint density at radius 1 is 1.19 bits per heavy atom. The maximum absolute atomic E-state index is 4.64. The first-order chi connectivity index (χ1) is 12.1. The third-order valence-electron chi connectivity index (χ3n) is 6.35. The molecule has 6 heteroatoms. The molecule has 3 fully saturated rings. The summed E-state index contributed by atoms with van der Waals surface area (Å²) < 4.78 is 0.507. The molecule has 3 aliphatic rings. The molecule has 0 aromatic heterocycles. The minimum Gasteiger partial charge on any atom is -0.356 e. The van der Waals surface area contributed by atoms with Gasteiger partial charge in [-0.25, -0.2) is 0 Å². The van der Waals surface area contributed by atoms with Crippen LogP contribution in [0.25, 0.3) is 0 Å². The average molecular weight is 495 g/mol. The highest BCUT2D eigenvalue weighted by Crippen LogP contribution is 2.42. The van der Waals surface area contributed by atoms with E-state index in [0.717, 1.165) is 25.0 Å².